The van der Waals surface area contributed by atoms with Crippen molar-refractivity contribution in [2.45, 2.75) is 78.1 Å². The Labute approximate surface area is 259 Å². The molecule has 1 aliphatic carbocycles. The average molecular weight is 600 g/mol. The van der Waals surface area contributed by atoms with Gasteiger partial charge < -0.3 is 19.9 Å². The van der Waals surface area contributed by atoms with Crippen LogP contribution in [0.2, 0.25) is 6.32 Å². The fourth-order valence-electron chi connectivity index (χ4n) is 7.44. The van der Waals surface area contributed by atoms with E-state index in [1.165, 1.54) is 4.90 Å². The topological polar surface area (TPSA) is 124 Å². The van der Waals surface area contributed by atoms with Gasteiger partial charge in [-0.1, -0.05) is 48.4 Å². The number of aliphatic carboxylic acids is 1. The third-order valence-corrected chi connectivity index (χ3v) is 9.49. The molecule has 3 aliphatic rings. The van der Waals surface area contributed by atoms with E-state index in [2.05, 4.69) is 18.2 Å². The molecule has 5 rings (SSSR count). The molecule has 2 aromatic carbocycles. The largest absolute Gasteiger partial charge is 0.507 e. The number of amides is 2. The number of benzene rings is 2. The fraction of sp³-hybridized carbons (Fsp3) is 0.457. The maximum absolute atomic E-state index is 13.7. The van der Waals surface area contributed by atoms with Crippen molar-refractivity contribution < 1.29 is 34.3 Å². The van der Waals surface area contributed by atoms with Gasteiger partial charge in [0.05, 0.1) is 17.9 Å². The number of aromatic hydroxyl groups is 1. The number of carboxylic acid groups (broad SMARTS) is 1. The first-order chi connectivity index (χ1) is 21.0. The molecule has 9 heteroatoms. The van der Waals surface area contributed by atoms with E-state index >= 15 is 0 Å². The summed E-state index contributed by atoms with van der Waals surface area (Å²) in [6.45, 7) is 6.10. The molecule has 2 aliphatic heterocycles. The number of carbonyl (C=O) groups excluding carboxylic acids is 2. The molecule has 2 fully saturated rings. The Bertz CT molecular complexity index is 1460. The van der Waals surface area contributed by atoms with E-state index in [9.17, 15) is 24.5 Å². The van der Waals surface area contributed by atoms with Crippen molar-refractivity contribution in [1.29, 1.82) is 0 Å². The summed E-state index contributed by atoms with van der Waals surface area (Å²) < 4.78 is 6.14. The van der Waals surface area contributed by atoms with Crippen molar-refractivity contribution in [2.24, 2.45) is 17.8 Å². The molecule has 44 heavy (non-hydrogen) atoms. The first-order valence-corrected chi connectivity index (χ1v) is 15.7. The number of fused-ring (bicyclic) bond motifs is 3. The van der Waals surface area contributed by atoms with Crippen LogP contribution in [0.5, 0.6) is 5.75 Å². The highest BCUT2D eigenvalue weighted by molar-refractivity contribution is 6.43. The van der Waals surface area contributed by atoms with E-state index in [1.807, 2.05) is 51.1 Å². The van der Waals surface area contributed by atoms with Crippen molar-refractivity contribution in [3.05, 3.63) is 75.9 Å². The lowest BCUT2D eigenvalue weighted by Gasteiger charge is -2.42. The van der Waals surface area contributed by atoms with Crippen LogP contribution in [0.25, 0.3) is 11.6 Å². The monoisotopic (exact) mass is 599 g/mol. The Hall–Kier alpha value is -3.69. The normalized spacial score (nSPS) is 23.7. The summed E-state index contributed by atoms with van der Waals surface area (Å²) in [5.41, 5.74) is 6.91. The van der Waals surface area contributed by atoms with E-state index < -0.39 is 24.9 Å². The second-order valence-electron chi connectivity index (χ2n) is 12.6. The molecule has 0 aromatic heterocycles. The summed E-state index contributed by atoms with van der Waals surface area (Å²) in [7, 11) is -1.03. The van der Waals surface area contributed by atoms with Crippen LogP contribution in [0.15, 0.2) is 53.6 Å². The van der Waals surface area contributed by atoms with Gasteiger partial charge in [-0.05, 0) is 111 Å². The number of nitrogens with zero attached hydrogens (tertiary/aromatic N) is 1. The highest BCUT2D eigenvalue weighted by atomic mass is 16.5. The lowest BCUT2D eigenvalue weighted by molar-refractivity contribution is -0.141. The number of rotatable bonds is 11. The van der Waals surface area contributed by atoms with E-state index in [-0.39, 0.29) is 36.6 Å². The second-order valence-corrected chi connectivity index (χ2v) is 12.6. The predicted molar refractivity (Wildman–Crippen MR) is 169 cm³/mol. The molecular weight excluding hydrogens is 557 g/mol. The van der Waals surface area contributed by atoms with E-state index in [0.29, 0.717) is 50.8 Å². The maximum atomic E-state index is 13.7. The quantitative estimate of drug-likeness (QED) is 0.0982. The summed E-state index contributed by atoms with van der Waals surface area (Å²) in [6, 6.07) is 14.1. The molecule has 0 unspecified atom stereocenters. The van der Waals surface area contributed by atoms with Gasteiger partial charge >= 0.3 is 13.1 Å². The molecule has 2 saturated heterocycles. The number of phenolic OH excluding ortho intramolecular Hbond substituents is 1. The Morgan fingerprint density at radius 2 is 1.70 bits per heavy atom. The number of allylic oxidation sites excluding steroid dienone is 2. The summed E-state index contributed by atoms with van der Waals surface area (Å²) in [6.07, 6.45) is 5.61. The van der Waals surface area contributed by atoms with Gasteiger partial charge in [0, 0.05) is 13.0 Å². The van der Waals surface area contributed by atoms with Crippen molar-refractivity contribution in [1.82, 2.24) is 4.90 Å². The van der Waals surface area contributed by atoms with Crippen LogP contribution in [-0.2, 0) is 19.0 Å². The molecular formula is C35H42BNO7. The van der Waals surface area contributed by atoms with Crippen LogP contribution in [-0.4, -0.2) is 57.7 Å². The van der Waals surface area contributed by atoms with Gasteiger partial charge in [-0.3, -0.25) is 19.3 Å². The molecule has 0 spiro atoms. The maximum Gasteiger partial charge on any atom is 0.455 e. The summed E-state index contributed by atoms with van der Waals surface area (Å²) in [5.74, 6) is -2.07. The molecule has 4 atom stereocenters. The minimum atomic E-state index is -1.03. The highest BCUT2D eigenvalue weighted by Crippen LogP contribution is 2.50. The van der Waals surface area contributed by atoms with Crippen molar-refractivity contribution in [2.75, 3.05) is 6.54 Å². The SMILES string of the molecule is CC1=C2[C@@H](CC/C(=C/c3cc(C)c(O)c(C)c3)c3ccccc3)OB(O)C[C@@H]2[C@@H]2C(=O)N(CCCCCC(=O)O)C(=O)[C@@H]2C1. The van der Waals surface area contributed by atoms with Gasteiger partial charge in [-0.15, -0.1) is 0 Å². The zero-order chi connectivity index (χ0) is 31.5. The number of carboxylic acids is 1. The third-order valence-electron chi connectivity index (χ3n) is 9.49. The zero-order valence-corrected chi connectivity index (χ0v) is 25.8. The fourth-order valence-corrected chi connectivity index (χ4v) is 7.44. The van der Waals surface area contributed by atoms with Gasteiger partial charge in [0.1, 0.15) is 5.75 Å². The summed E-state index contributed by atoms with van der Waals surface area (Å²) in [5, 5.41) is 30.0. The molecule has 2 amide bonds. The number of aryl methyl sites for hydroxylation is 2. The zero-order valence-electron chi connectivity index (χ0n) is 25.8. The lowest BCUT2D eigenvalue weighted by Crippen LogP contribution is -2.46. The Morgan fingerprint density at radius 3 is 2.39 bits per heavy atom. The van der Waals surface area contributed by atoms with Crippen LogP contribution >= 0.6 is 0 Å². The Balaban J connectivity index is 1.36. The minimum Gasteiger partial charge on any atom is -0.507 e. The minimum absolute atomic E-state index is 0.0797. The van der Waals surface area contributed by atoms with Gasteiger partial charge in [-0.25, -0.2) is 0 Å². The van der Waals surface area contributed by atoms with Gasteiger partial charge in [-0.2, -0.15) is 0 Å². The van der Waals surface area contributed by atoms with Crippen molar-refractivity contribution in [3.8, 4) is 5.75 Å². The van der Waals surface area contributed by atoms with E-state index in [1.54, 1.807) is 0 Å². The van der Waals surface area contributed by atoms with Crippen LogP contribution in [0.3, 0.4) is 0 Å². The van der Waals surface area contributed by atoms with Crippen LogP contribution in [0.1, 0.15) is 74.1 Å². The number of imide groups is 1. The van der Waals surface area contributed by atoms with Crippen LogP contribution < -0.4 is 0 Å². The highest BCUT2D eigenvalue weighted by Gasteiger charge is 2.56. The summed E-state index contributed by atoms with van der Waals surface area (Å²) in [4.78, 5) is 39.3. The van der Waals surface area contributed by atoms with Crippen molar-refractivity contribution in [3.63, 3.8) is 0 Å². The number of hydrogen-bond donors (Lipinski definition) is 3. The first-order valence-electron chi connectivity index (χ1n) is 15.7. The van der Waals surface area contributed by atoms with Crippen LogP contribution in [0, 0.1) is 31.6 Å². The van der Waals surface area contributed by atoms with Gasteiger partial charge in [0.15, 0.2) is 0 Å². The smallest absolute Gasteiger partial charge is 0.455 e. The summed E-state index contributed by atoms with van der Waals surface area (Å²) >= 11 is 0. The molecule has 3 N–H and O–H groups in total. The molecule has 0 saturated carbocycles. The van der Waals surface area contributed by atoms with Crippen molar-refractivity contribution >= 4 is 36.6 Å². The van der Waals surface area contributed by atoms with E-state index in [0.717, 1.165) is 39.0 Å². The average Bonchev–Trinajstić information content (AvgIpc) is 3.22. The predicted octanol–water partition coefficient (Wildman–Crippen LogP) is 5.79. The van der Waals surface area contributed by atoms with E-state index in [4.69, 9.17) is 9.76 Å². The third kappa shape index (κ3) is 6.69. The molecule has 232 valence electrons. The molecule has 8 nitrogen and oxygen atoms in total. The lowest BCUT2D eigenvalue weighted by atomic mass is 9.58. The Morgan fingerprint density at radius 1 is 1.00 bits per heavy atom. The number of unbranched alkanes of at least 4 members (excludes halogenated alkanes) is 2. The first kappa shape index (κ1) is 31.7. The second kappa shape index (κ2) is 13.5. The molecule has 2 aromatic rings. The molecule has 0 radical (unpaired) electrons. The molecule has 0 bridgehead atoms. The molecule has 2 heterocycles. The van der Waals surface area contributed by atoms with Gasteiger partial charge in [0.2, 0.25) is 11.8 Å². The van der Waals surface area contributed by atoms with Crippen LogP contribution in [0.4, 0.5) is 0 Å². The number of hydrogen-bond acceptors (Lipinski definition) is 6. The standard InChI is InChI=1S/C35H42BNO7/c1-21-18-27-32(35(42)37(34(27)41)15-9-5-8-12-30(38)39)28-20-36(43)44-29(31(21)28)14-13-26(25-10-6-4-7-11-25)19-24-16-22(2)33(40)23(3)17-24/h4,6-7,10-11,16-17,19,27-29,32,40,43H,5,8-9,12-15,18,20H2,1-3H3,(H,38,39)/b26-19-/t27-,28+,29-,32-/m1/s1. The number of phenols is 1. The Kier molecular flexibility index (Phi) is 9.76. The number of carbonyl (C=O) groups is 3. The van der Waals surface area contributed by atoms with Gasteiger partial charge in [0.25, 0.3) is 0 Å². The number of likely N-dealkylation sites (tertiary alicyclic amines) is 1.